The molecule has 0 bridgehead atoms. The van der Waals surface area contributed by atoms with Gasteiger partial charge in [0.2, 0.25) is 0 Å². The quantitative estimate of drug-likeness (QED) is 0.444. The lowest BCUT2D eigenvalue weighted by Crippen LogP contribution is -2.23. The minimum atomic E-state index is -4.55. The van der Waals surface area contributed by atoms with E-state index in [0.29, 0.717) is 5.69 Å². The topological polar surface area (TPSA) is 38.2 Å². The Kier molecular flexibility index (Phi) is 7.56. The van der Waals surface area contributed by atoms with Crippen LogP contribution in [0.15, 0.2) is 30.5 Å². The van der Waals surface area contributed by atoms with Crippen molar-refractivity contribution in [2.75, 3.05) is 11.9 Å². The van der Waals surface area contributed by atoms with E-state index in [0.717, 1.165) is 57.6 Å². The molecule has 0 N–H and O–H groups in total. The van der Waals surface area contributed by atoms with Gasteiger partial charge in [-0.3, -0.25) is 0 Å². The molecular formula is C23H30F3N3O. The lowest BCUT2D eigenvalue weighted by Gasteiger charge is -2.25. The maximum Gasteiger partial charge on any atom is 0.421 e. The van der Waals surface area contributed by atoms with Crippen LogP contribution in [0.5, 0.6) is 6.01 Å². The van der Waals surface area contributed by atoms with E-state index in [1.54, 1.807) is 7.05 Å². The number of aromatic nitrogens is 2. The molecule has 0 atom stereocenters. The highest BCUT2D eigenvalue weighted by atomic mass is 19.4. The van der Waals surface area contributed by atoms with Crippen LogP contribution >= 0.6 is 0 Å². The number of anilines is 2. The van der Waals surface area contributed by atoms with Crippen molar-refractivity contribution in [3.05, 3.63) is 41.6 Å². The Morgan fingerprint density at radius 1 is 1.07 bits per heavy atom. The number of unbranched alkanes of at least 4 members (excludes halogenated alkanes) is 2. The van der Waals surface area contributed by atoms with Crippen molar-refractivity contribution in [2.24, 2.45) is 0 Å². The summed E-state index contributed by atoms with van der Waals surface area (Å²) in [5.41, 5.74) is 0.954. The predicted octanol–water partition coefficient (Wildman–Crippen LogP) is 6.71. The number of ether oxygens (including phenoxy) is 1. The summed E-state index contributed by atoms with van der Waals surface area (Å²) in [5, 5.41) is 0. The summed E-state index contributed by atoms with van der Waals surface area (Å²) in [7, 11) is 1.59. The molecule has 0 saturated heterocycles. The van der Waals surface area contributed by atoms with Crippen LogP contribution in [0.2, 0.25) is 0 Å². The summed E-state index contributed by atoms with van der Waals surface area (Å²) < 4.78 is 46.6. The fourth-order valence-corrected chi connectivity index (χ4v) is 3.79. The van der Waals surface area contributed by atoms with Gasteiger partial charge in [-0.05, 0) is 56.2 Å². The van der Waals surface area contributed by atoms with Gasteiger partial charge in [0.25, 0.3) is 0 Å². The molecule has 1 aromatic heterocycles. The maximum absolute atomic E-state index is 13.6. The first-order valence-corrected chi connectivity index (χ1v) is 10.8. The number of rotatable bonds is 8. The summed E-state index contributed by atoms with van der Waals surface area (Å²) >= 11 is 0. The third-order valence-electron chi connectivity index (χ3n) is 5.59. The van der Waals surface area contributed by atoms with Crippen molar-refractivity contribution in [2.45, 2.75) is 77.0 Å². The lowest BCUT2D eigenvalue weighted by atomic mass is 9.98. The zero-order chi connectivity index (χ0) is 21.6. The molecule has 1 fully saturated rings. The summed E-state index contributed by atoms with van der Waals surface area (Å²) in [4.78, 5) is 9.47. The number of nitrogens with zero attached hydrogens (tertiary/aromatic N) is 3. The van der Waals surface area contributed by atoms with Crippen molar-refractivity contribution >= 4 is 11.5 Å². The van der Waals surface area contributed by atoms with Crippen molar-refractivity contribution in [1.29, 1.82) is 0 Å². The molecule has 30 heavy (non-hydrogen) atoms. The molecule has 0 radical (unpaired) electrons. The van der Waals surface area contributed by atoms with Crippen LogP contribution in [-0.4, -0.2) is 23.1 Å². The minimum absolute atomic E-state index is 0.00735. The van der Waals surface area contributed by atoms with Crippen molar-refractivity contribution in [1.82, 2.24) is 9.97 Å². The van der Waals surface area contributed by atoms with Crippen molar-refractivity contribution < 1.29 is 17.9 Å². The van der Waals surface area contributed by atoms with Crippen LogP contribution in [0.1, 0.15) is 69.4 Å². The summed E-state index contributed by atoms with van der Waals surface area (Å²) in [6, 6.07) is 7.62. The third kappa shape index (κ3) is 5.86. The molecule has 4 nitrogen and oxygen atoms in total. The Labute approximate surface area is 176 Å². The van der Waals surface area contributed by atoms with Gasteiger partial charge in [-0.2, -0.15) is 18.2 Å². The average molecular weight is 422 g/mol. The van der Waals surface area contributed by atoms with E-state index in [-0.39, 0.29) is 17.9 Å². The fraction of sp³-hybridized carbons (Fsp3) is 0.565. The molecule has 164 valence electrons. The van der Waals surface area contributed by atoms with Gasteiger partial charge in [-0.1, -0.05) is 38.3 Å². The van der Waals surface area contributed by atoms with Gasteiger partial charge in [0.05, 0.1) is 0 Å². The van der Waals surface area contributed by atoms with Crippen molar-refractivity contribution in [3.8, 4) is 6.01 Å². The molecule has 7 heteroatoms. The van der Waals surface area contributed by atoms with Gasteiger partial charge in [-0.25, -0.2) is 4.98 Å². The highest BCUT2D eigenvalue weighted by Gasteiger charge is 2.37. The van der Waals surface area contributed by atoms with E-state index in [9.17, 15) is 13.2 Å². The summed E-state index contributed by atoms with van der Waals surface area (Å²) in [6.45, 7) is 2.16. The zero-order valence-corrected chi connectivity index (χ0v) is 17.7. The largest absolute Gasteiger partial charge is 0.460 e. The number of hydrogen-bond donors (Lipinski definition) is 0. The molecule has 0 aliphatic heterocycles. The Morgan fingerprint density at radius 2 is 1.77 bits per heavy atom. The van der Waals surface area contributed by atoms with Crippen LogP contribution in [-0.2, 0) is 12.6 Å². The molecule has 1 heterocycles. The van der Waals surface area contributed by atoms with Gasteiger partial charge in [0.15, 0.2) is 5.82 Å². The van der Waals surface area contributed by atoms with Gasteiger partial charge < -0.3 is 9.64 Å². The monoisotopic (exact) mass is 421 g/mol. The molecule has 2 aromatic rings. The number of hydrogen-bond acceptors (Lipinski definition) is 4. The second kappa shape index (κ2) is 10.1. The van der Waals surface area contributed by atoms with E-state index in [4.69, 9.17) is 4.74 Å². The third-order valence-corrected chi connectivity index (χ3v) is 5.59. The Hall–Kier alpha value is -2.31. The van der Waals surface area contributed by atoms with Crippen LogP contribution in [0.25, 0.3) is 0 Å². The smallest absolute Gasteiger partial charge is 0.421 e. The first-order valence-electron chi connectivity index (χ1n) is 10.8. The number of aryl methyl sites for hydroxylation is 1. The number of alkyl halides is 3. The summed E-state index contributed by atoms with van der Waals surface area (Å²) in [6.07, 6.45) is 5.70. The second-order valence-electron chi connectivity index (χ2n) is 7.95. The Balaban J connectivity index is 1.82. The van der Waals surface area contributed by atoms with Crippen LogP contribution < -0.4 is 9.64 Å². The first kappa shape index (κ1) is 22.4. The molecule has 3 rings (SSSR count). The second-order valence-corrected chi connectivity index (χ2v) is 7.95. The SMILES string of the molecule is CCCCCc1ccc(N(C)c2nc(OC3CCCCC3)ncc2C(F)(F)F)cc1. The molecule has 1 aliphatic rings. The highest BCUT2D eigenvalue weighted by Crippen LogP contribution is 2.38. The Morgan fingerprint density at radius 3 is 2.40 bits per heavy atom. The van der Waals surface area contributed by atoms with E-state index < -0.39 is 11.7 Å². The van der Waals surface area contributed by atoms with E-state index in [2.05, 4.69) is 16.9 Å². The maximum atomic E-state index is 13.6. The number of halogens is 3. The molecule has 1 aliphatic carbocycles. The standard InChI is InChI=1S/C23H30F3N3O/c1-3-4-6-9-17-12-14-18(15-13-17)29(2)21-20(23(24,25)26)16-27-22(28-21)30-19-10-7-5-8-11-19/h12-16,19H,3-11H2,1-2H3. The van der Waals surface area contributed by atoms with Crippen LogP contribution in [0, 0.1) is 0 Å². The highest BCUT2D eigenvalue weighted by molar-refractivity contribution is 5.63. The molecule has 0 unspecified atom stereocenters. The molecular weight excluding hydrogens is 391 g/mol. The van der Waals surface area contributed by atoms with Crippen LogP contribution in [0.4, 0.5) is 24.7 Å². The van der Waals surface area contributed by atoms with Gasteiger partial charge in [0.1, 0.15) is 11.7 Å². The zero-order valence-electron chi connectivity index (χ0n) is 17.7. The van der Waals surface area contributed by atoms with Gasteiger partial charge in [0, 0.05) is 18.9 Å². The molecule has 1 aromatic carbocycles. The van der Waals surface area contributed by atoms with Gasteiger partial charge >= 0.3 is 12.2 Å². The normalized spacial score (nSPS) is 15.2. The molecule has 1 saturated carbocycles. The van der Waals surface area contributed by atoms with Crippen molar-refractivity contribution in [3.63, 3.8) is 0 Å². The van der Waals surface area contributed by atoms with Crippen LogP contribution in [0.3, 0.4) is 0 Å². The van der Waals surface area contributed by atoms with E-state index in [1.165, 1.54) is 16.9 Å². The minimum Gasteiger partial charge on any atom is -0.460 e. The fourth-order valence-electron chi connectivity index (χ4n) is 3.79. The predicted molar refractivity (Wildman–Crippen MR) is 112 cm³/mol. The van der Waals surface area contributed by atoms with Gasteiger partial charge in [-0.15, -0.1) is 0 Å². The first-order chi connectivity index (χ1) is 14.4. The van der Waals surface area contributed by atoms with E-state index >= 15 is 0 Å². The van der Waals surface area contributed by atoms with E-state index in [1.807, 2.05) is 24.3 Å². The average Bonchev–Trinajstić information content (AvgIpc) is 2.74. The molecule has 0 spiro atoms. The number of benzene rings is 1. The molecule has 0 amide bonds. The summed E-state index contributed by atoms with van der Waals surface area (Å²) in [5.74, 6) is -0.193. The Bertz CT molecular complexity index is 802. The lowest BCUT2D eigenvalue weighted by molar-refractivity contribution is -0.137.